The summed E-state index contributed by atoms with van der Waals surface area (Å²) in [5.41, 5.74) is 0.384. The Hall–Kier alpha value is -1.89. The summed E-state index contributed by atoms with van der Waals surface area (Å²) < 4.78 is 0. The molecule has 0 aliphatic rings. The SMILES string of the molecule is C=CCN(c1nccc(C#N)n1)C(C)C. The van der Waals surface area contributed by atoms with Crippen LogP contribution in [0.25, 0.3) is 0 Å². The lowest BCUT2D eigenvalue weighted by atomic mass is 10.3. The number of anilines is 1. The first-order chi connectivity index (χ1) is 7.19. The fourth-order valence-electron chi connectivity index (χ4n) is 1.21. The molecule has 0 unspecified atom stereocenters. The summed E-state index contributed by atoms with van der Waals surface area (Å²) in [4.78, 5) is 10.3. The van der Waals surface area contributed by atoms with Crippen molar-refractivity contribution in [1.29, 1.82) is 5.26 Å². The summed E-state index contributed by atoms with van der Waals surface area (Å²) in [6.45, 7) is 8.46. The van der Waals surface area contributed by atoms with Gasteiger partial charge in [-0.25, -0.2) is 9.97 Å². The van der Waals surface area contributed by atoms with Crippen molar-refractivity contribution in [3.63, 3.8) is 0 Å². The zero-order valence-corrected chi connectivity index (χ0v) is 9.01. The smallest absolute Gasteiger partial charge is 0.227 e. The maximum Gasteiger partial charge on any atom is 0.227 e. The normalized spacial score (nSPS) is 9.73. The van der Waals surface area contributed by atoms with E-state index in [2.05, 4.69) is 16.5 Å². The standard InChI is InChI=1S/C11H14N4/c1-4-7-15(9(2)3)11-13-6-5-10(8-12)14-11/h4-6,9H,1,7H2,2-3H3. The van der Waals surface area contributed by atoms with Gasteiger partial charge in [-0.2, -0.15) is 5.26 Å². The quantitative estimate of drug-likeness (QED) is 0.698. The number of hydrogen-bond donors (Lipinski definition) is 0. The van der Waals surface area contributed by atoms with Gasteiger partial charge in [-0.1, -0.05) is 6.08 Å². The van der Waals surface area contributed by atoms with E-state index in [0.29, 0.717) is 18.2 Å². The molecule has 4 heteroatoms. The molecule has 0 aromatic carbocycles. The molecule has 0 aliphatic carbocycles. The van der Waals surface area contributed by atoms with E-state index in [0.717, 1.165) is 0 Å². The minimum Gasteiger partial charge on any atom is -0.335 e. The van der Waals surface area contributed by atoms with E-state index in [-0.39, 0.29) is 6.04 Å². The molecule has 15 heavy (non-hydrogen) atoms. The van der Waals surface area contributed by atoms with E-state index in [1.165, 1.54) is 0 Å². The van der Waals surface area contributed by atoms with Gasteiger partial charge in [0.1, 0.15) is 11.8 Å². The fourth-order valence-corrected chi connectivity index (χ4v) is 1.21. The van der Waals surface area contributed by atoms with Crippen molar-refractivity contribution in [2.45, 2.75) is 19.9 Å². The van der Waals surface area contributed by atoms with Crippen LogP contribution in [0.15, 0.2) is 24.9 Å². The zero-order chi connectivity index (χ0) is 11.3. The molecule has 0 aliphatic heterocycles. The highest BCUT2D eigenvalue weighted by molar-refractivity contribution is 5.35. The molecular formula is C11H14N4. The molecule has 1 rings (SSSR count). The lowest BCUT2D eigenvalue weighted by Crippen LogP contribution is -2.32. The monoisotopic (exact) mass is 202 g/mol. The van der Waals surface area contributed by atoms with Crippen LogP contribution in [0.4, 0.5) is 5.95 Å². The summed E-state index contributed by atoms with van der Waals surface area (Å²) in [5.74, 6) is 0.573. The summed E-state index contributed by atoms with van der Waals surface area (Å²) in [6.07, 6.45) is 3.39. The van der Waals surface area contributed by atoms with E-state index in [9.17, 15) is 0 Å². The average Bonchev–Trinajstić information content (AvgIpc) is 2.25. The summed E-state index contributed by atoms with van der Waals surface area (Å²) in [5, 5.41) is 8.73. The third kappa shape index (κ3) is 2.78. The molecule has 0 atom stereocenters. The Morgan fingerprint density at radius 3 is 2.93 bits per heavy atom. The Bertz CT molecular complexity index is 378. The predicted molar refractivity (Wildman–Crippen MR) is 59.4 cm³/mol. The Kier molecular flexibility index (Phi) is 3.81. The molecule has 0 saturated heterocycles. The molecule has 1 aromatic rings. The number of aromatic nitrogens is 2. The minimum atomic E-state index is 0.275. The Labute approximate surface area is 89.9 Å². The van der Waals surface area contributed by atoms with Crippen LogP contribution in [0.5, 0.6) is 0 Å². The third-order valence-corrected chi connectivity index (χ3v) is 1.96. The molecule has 0 amide bonds. The van der Waals surface area contributed by atoms with Crippen LogP contribution in [-0.2, 0) is 0 Å². The van der Waals surface area contributed by atoms with Crippen molar-refractivity contribution in [3.8, 4) is 6.07 Å². The maximum absolute atomic E-state index is 8.73. The summed E-state index contributed by atoms with van der Waals surface area (Å²) in [6, 6.07) is 3.87. The summed E-state index contributed by atoms with van der Waals surface area (Å²) in [7, 11) is 0. The Morgan fingerprint density at radius 1 is 1.67 bits per heavy atom. The van der Waals surface area contributed by atoms with Gasteiger partial charge in [0.25, 0.3) is 0 Å². The van der Waals surface area contributed by atoms with Crippen molar-refractivity contribution >= 4 is 5.95 Å². The number of rotatable bonds is 4. The highest BCUT2D eigenvalue weighted by atomic mass is 15.3. The predicted octanol–water partition coefficient (Wildman–Crippen LogP) is 1.75. The molecule has 0 spiro atoms. The van der Waals surface area contributed by atoms with Crippen LogP contribution in [0.3, 0.4) is 0 Å². The Morgan fingerprint density at radius 2 is 2.40 bits per heavy atom. The number of hydrogen-bond acceptors (Lipinski definition) is 4. The molecular weight excluding hydrogens is 188 g/mol. The van der Waals surface area contributed by atoms with Gasteiger partial charge in [-0.15, -0.1) is 6.58 Å². The first-order valence-corrected chi connectivity index (χ1v) is 4.79. The van der Waals surface area contributed by atoms with E-state index in [1.807, 2.05) is 24.8 Å². The molecule has 1 heterocycles. The van der Waals surface area contributed by atoms with Gasteiger partial charge >= 0.3 is 0 Å². The van der Waals surface area contributed by atoms with Crippen LogP contribution in [0.1, 0.15) is 19.5 Å². The summed E-state index contributed by atoms with van der Waals surface area (Å²) >= 11 is 0. The van der Waals surface area contributed by atoms with Crippen LogP contribution in [0.2, 0.25) is 0 Å². The number of nitriles is 1. The molecule has 0 saturated carbocycles. The minimum absolute atomic E-state index is 0.275. The van der Waals surface area contributed by atoms with Gasteiger partial charge in [0.2, 0.25) is 5.95 Å². The van der Waals surface area contributed by atoms with Crippen LogP contribution < -0.4 is 4.90 Å². The average molecular weight is 202 g/mol. The molecule has 1 aromatic heterocycles. The topological polar surface area (TPSA) is 52.8 Å². The number of nitrogens with zero attached hydrogens (tertiary/aromatic N) is 4. The highest BCUT2D eigenvalue weighted by Gasteiger charge is 2.11. The largest absolute Gasteiger partial charge is 0.335 e. The molecule has 0 N–H and O–H groups in total. The second kappa shape index (κ2) is 5.11. The van der Waals surface area contributed by atoms with Crippen molar-refractivity contribution in [2.75, 3.05) is 11.4 Å². The van der Waals surface area contributed by atoms with E-state index in [4.69, 9.17) is 5.26 Å². The molecule has 0 radical (unpaired) electrons. The maximum atomic E-state index is 8.73. The van der Waals surface area contributed by atoms with Crippen molar-refractivity contribution in [2.24, 2.45) is 0 Å². The Balaban J connectivity index is 3.00. The first kappa shape index (κ1) is 11.2. The second-order valence-electron chi connectivity index (χ2n) is 3.39. The van der Waals surface area contributed by atoms with Crippen LogP contribution in [-0.4, -0.2) is 22.6 Å². The molecule has 78 valence electrons. The van der Waals surface area contributed by atoms with Crippen molar-refractivity contribution in [1.82, 2.24) is 9.97 Å². The van der Waals surface area contributed by atoms with Crippen molar-refractivity contribution < 1.29 is 0 Å². The van der Waals surface area contributed by atoms with Gasteiger partial charge in [0.05, 0.1) is 0 Å². The van der Waals surface area contributed by atoms with Gasteiger partial charge < -0.3 is 4.90 Å². The third-order valence-electron chi connectivity index (χ3n) is 1.96. The van der Waals surface area contributed by atoms with E-state index >= 15 is 0 Å². The van der Waals surface area contributed by atoms with E-state index in [1.54, 1.807) is 18.3 Å². The first-order valence-electron chi connectivity index (χ1n) is 4.79. The zero-order valence-electron chi connectivity index (χ0n) is 9.01. The van der Waals surface area contributed by atoms with Crippen molar-refractivity contribution in [3.05, 3.63) is 30.6 Å². The second-order valence-corrected chi connectivity index (χ2v) is 3.39. The highest BCUT2D eigenvalue weighted by Crippen LogP contribution is 2.10. The van der Waals surface area contributed by atoms with Gasteiger partial charge in [0.15, 0.2) is 0 Å². The van der Waals surface area contributed by atoms with Gasteiger partial charge in [-0.05, 0) is 19.9 Å². The van der Waals surface area contributed by atoms with E-state index < -0.39 is 0 Å². The lowest BCUT2D eigenvalue weighted by molar-refractivity contribution is 0.698. The van der Waals surface area contributed by atoms with Gasteiger partial charge in [-0.3, -0.25) is 0 Å². The molecule has 0 fully saturated rings. The lowest BCUT2D eigenvalue weighted by Gasteiger charge is -2.24. The van der Waals surface area contributed by atoms with Crippen LogP contribution in [0, 0.1) is 11.3 Å². The fraction of sp³-hybridized carbons (Fsp3) is 0.364. The van der Waals surface area contributed by atoms with Gasteiger partial charge in [0, 0.05) is 18.8 Å². The van der Waals surface area contributed by atoms with Crippen LogP contribution >= 0.6 is 0 Å². The molecule has 0 bridgehead atoms. The molecule has 4 nitrogen and oxygen atoms in total.